The van der Waals surface area contributed by atoms with E-state index < -0.39 is 0 Å². The maximum atomic E-state index is 10.4. The Morgan fingerprint density at radius 1 is 0.469 bits per heavy atom. The van der Waals surface area contributed by atoms with Crippen molar-refractivity contribution in [3.8, 4) is 5.75 Å². The summed E-state index contributed by atoms with van der Waals surface area (Å²) in [4.78, 5) is 0. The molecule has 0 aliphatic carbocycles. The third kappa shape index (κ3) is 15.8. The SMILES string of the molecule is CCCCCCCCCCCCCCCc1cccc(O)c1CCCCCCCCCC. The number of phenols is 1. The lowest BCUT2D eigenvalue weighted by atomic mass is 9.95. The highest BCUT2D eigenvalue weighted by molar-refractivity contribution is 5.39. The Balaban J connectivity index is 2.07. The van der Waals surface area contributed by atoms with Gasteiger partial charge in [0.05, 0.1) is 0 Å². The molecule has 1 heteroatoms. The van der Waals surface area contributed by atoms with Gasteiger partial charge in [-0.1, -0.05) is 148 Å². The number of hydrogen-bond acceptors (Lipinski definition) is 1. The smallest absolute Gasteiger partial charge is 0.119 e. The van der Waals surface area contributed by atoms with Crippen LogP contribution < -0.4 is 0 Å². The molecule has 0 aliphatic rings. The minimum atomic E-state index is 0.528. The van der Waals surface area contributed by atoms with Crippen LogP contribution in [0.15, 0.2) is 18.2 Å². The van der Waals surface area contributed by atoms with Crippen molar-refractivity contribution in [1.29, 1.82) is 0 Å². The zero-order valence-corrected chi connectivity index (χ0v) is 21.9. The van der Waals surface area contributed by atoms with Crippen molar-refractivity contribution in [1.82, 2.24) is 0 Å². The number of phenolic OH excluding ortho intramolecular Hbond substituents is 1. The minimum Gasteiger partial charge on any atom is -0.508 e. The van der Waals surface area contributed by atoms with E-state index in [0.717, 1.165) is 12.8 Å². The van der Waals surface area contributed by atoms with Gasteiger partial charge in [-0.3, -0.25) is 0 Å². The van der Waals surface area contributed by atoms with Gasteiger partial charge in [-0.05, 0) is 42.9 Å². The molecule has 1 N–H and O–H groups in total. The van der Waals surface area contributed by atoms with Gasteiger partial charge in [-0.15, -0.1) is 0 Å². The fourth-order valence-electron chi connectivity index (χ4n) is 4.91. The van der Waals surface area contributed by atoms with Gasteiger partial charge in [-0.2, -0.15) is 0 Å². The van der Waals surface area contributed by atoms with E-state index in [2.05, 4.69) is 19.9 Å². The third-order valence-electron chi connectivity index (χ3n) is 7.08. The second-order valence-electron chi connectivity index (χ2n) is 10.1. The van der Waals surface area contributed by atoms with Crippen LogP contribution in [0, 0.1) is 0 Å². The first-order valence-electron chi connectivity index (χ1n) is 14.6. The van der Waals surface area contributed by atoms with Gasteiger partial charge in [0, 0.05) is 0 Å². The molecule has 0 radical (unpaired) electrons. The maximum absolute atomic E-state index is 10.4. The lowest BCUT2D eigenvalue weighted by Gasteiger charge is -2.12. The molecule has 1 aromatic carbocycles. The number of benzene rings is 1. The van der Waals surface area contributed by atoms with Crippen LogP contribution >= 0.6 is 0 Å². The Bertz CT molecular complexity index is 521. The van der Waals surface area contributed by atoms with Crippen LogP contribution in [0.2, 0.25) is 0 Å². The molecule has 0 amide bonds. The van der Waals surface area contributed by atoms with E-state index in [0.29, 0.717) is 5.75 Å². The van der Waals surface area contributed by atoms with Crippen molar-refractivity contribution in [2.24, 2.45) is 0 Å². The highest BCUT2D eigenvalue weighted by atomic mass is 16.3. The Morgan fingerprint density at radius 3 is 1.28 bits per heavy atom. The van der Waals surface area contributed by atoms with Gasteiger partial charge in [-0.25, -0.2) is 0 Å². The molecule has 1 aromatic rings. The fraction of sp³-hybridized carbons (Fsp3) is 0.806. The number of hydrogen-bond donors (Lipinski definition) is 1. The van der Waals surface area contributed by atoms with E-state index in [1.54, 1.807) is 0 Å². The molecule has 0 aliphatic heterocycles. The molecule has 1 rings (SSSR count). The zero-order valence-electron chi connectivity index (χ0n) is 21.9. The van der Waals surface area contributed by atoms with Gasteiger partial charge in [0.15, 0.2) is 0 Å². The summed E-state index contributed by atoms with van der Waals surface area (Å²) in [6.07, 6.45) is 31.2. The van der Waals surface area contributed by atoms with Crippen molar-refractivity contribution in [2.45, 2.75) is 162 Å². The average molecular weight is 445 g/mol. The van der Waals surface area contributed by atoms with E-state index in [-0.39, 0.29) is 0 Å². The van der Waals surface area contributed by atoms with Crippen LogP contribution in [0.5, 0.6) is 5.75 Å². The summed E-state index contributed by atoms with van der Waals surface area (Å²) in [5, 5.41) is 10.4. The highest BCUT2D eigenvalue weighted by Crippen LogP contribution is 2.25. The van der Waals surface area contributed by atoms with Crippen molar-refractivity contribution in [3.05, 3.63) is 29.3 Å². The van der Waals surface area contributed by atoms with Gasteiger partial charge in [0.2, 0.25) is 0 Å². The number of aryl methyl sites for hydroxylation is 1. The molecule has 0 spiro atoms. The molecule has 0 saturated heterocycles. The predicted molar refractivity (Wildman–Crippen MR) is 144 cm³/mol. The molecule has 0 saturated carbocycles. The fourth-order valence-corrected chi connectivity index (χ4v) is 4.91. The number of aromatic hydroxyl groups is 1. The summed E-state index contributed by atoms with van der Waals surface area (Å²) in [7, 11) is 0. The lowest BCUT2D eigenvalue weighted by Crippen LogP contribution is -1.96. The number of rotatable bonds is 23. The summed E-state index contributed by atoms with van der Waals surface area (Å²) in [6.45, 7) is 4.57. The first kappa shape index (κ1) is 29.1. The standard InChI is InChI=1S/C31H56O/c1-3-5-7-9-11-13-14-15-16-17-18-20-22-25-29-26-24-28-31(32)30(29)27-23-21-19-12-10-8-6-4-2/h24,26,28,32H,3-23,25,27H2,1-2H3. The van der Waals surface area contributed by atoms with Crippen LogP contribution in [0.4, 0.5) is 0 Å². The first-order chi connectivity index (χ1) is 15.8. The lowest BCUT2D eigenvalue weighted by molar-refractivity contribution is 0.464. The topological polar surface area (TPSA) is 20.2 Å². The van der Waals surface area contributed by atoms with Crippen molar-refractivity contribution in [3.63, 3.8) is 0 Å². The Kier molecular flexibility index (Phi) is 19.8. The molecular weight excluding hydrogens is 388 g/mol. The van der Waals surface area contributed by atoms with Crippen LogP contribution in [-0.4, -0.2) is 5.11 Å². The predicted octanol–water partition coefficient (Wildman–Crippen LogP) is 10.7. The molecule has 1 nitrogen and oxygen atoms in total. The summed E-state index contributed by atoms with van der Waals surface area (Å²) in [5.74, 6) is 0.528. The van der Waals surface area contributed by atoms with E-state index in [9.17, 15) is 5.11 Å². The molecule has 186 valence electrons. The maximum Gasteiger partial charge on any atom is 0.119 e. The summed E-state index contributed by atoms with van der Waals surface area (Å²) in [6, 6.07) is 6.16. The molecule has 0 aromatic heterocycles. The van der Waals surface area contributed by atoms with Crippen LogP contribution in [0.1, 0.15) is 160 Å². The van der Waals surface area contributed by atoms with Gasteiger partial charge in [0.1, 0.15) is 5.75 Å². The quantitative estimate of drug-likeness (QED) is 0.166. The average Bonchev–Trinajstić information content (AvgIpc) is 2.80. The highest BCUT2D eigenvalue weighted by Gasteiger charge is 2.07. The van der Waals surface area contributed by atoms with Crippen LogP contribution in [-0.2, 0) is 12.8 Å². The van der Waals surface area contributed by atoms with E-state index in [4.69, 9.17) is 0 Å². The number of unbranched alkanes of at least 4 members (excludes halogenated alkanes) is 19. The second-order valence-corrected chi connectivity index (χ2v) is 10.1. The Hall–Kier alpha value is -0.980. The third-order valence-corrected chi connectivity index (χ3v) is 7.08. The van der Waals surface area contributed by atoms with E-state index in [1.165, 1.54) is 146 Å². The van der Waals surface area contributed by atoms with Gasteiger partial charge < -0.3 is 5.11 Å². The van der Waals surface area contributed by atoms with Crippen molar-refractivity contribution >= 4 is 0 Å². The molecular formula is C31H56O. The van der Waals surface area contributed by atoms with Crippen molar-refractivity contribution < 1.29 is 5.11 Å². The Labute approximate surface area is 201 Å². The zero-order chi connectivity index (χ0) is 23.1. The van der Waals surface area contributed by atoms with E-state index in [1.807, 2.05) is 12.1 Å². The Morgan fingerprint density at radius 2 is 0.844 bits per heavy atom. The second kappa shape index (κ2) is 21.8. The monoisotopic (exact) mass is 444 g/mol. The van der Waals surface area contributed by atoms with Crippen LogP contribution in [0.3, 0.4) is 0 Å². The molecule has 0 heterocycles. The summed E-state index contributed by atoms with van der Waals surface area (Å²) < 4.78 is 0. The van der Waals surface area contributed by atoms with Gasteiger partial charge in [0.25, 0.3) is 0 Å². The van der Waals surface area contributed by atoms with Gasteiger partial charge >= 0.3 is 0 Å². The molecule has 0 unspecified atom stereocenters. The first-order valence-corrected chi connectivity index (χ1v) is 14.6. The molecule has 0 atom stereocenters. The van der Waals surface area contributed by atoms with Crippen molar-refractivity contribution in [2.75, 3.05) is 0 Å². The molecule has 32 heavy (non-hydrogen) atoms. The summed E-state index contributed by atoms with van der Waals surface area (Å²) in [5.41, 5.74) is 2.63. The summed E-state index contributed by atoms with van der Waals surface area (Å²) >= 11 is 0. The molecule has 0 fully saturated rings. The van der Waals surface area contributed by atoms with E-state index >= 15 is 0 Å². The van der Waals surface area contributed by atoms with Crippen LogP contribution in [0.25, 0.3) is 0 Å². The largest absolute Gasteiger partial charge is 0.508 e. The molecule has 0 bridgehead atoms. The minimum absolute atomic E-state index is 0.528. The normalized spacial score (nSPS) is 11.3.